The van der Waals surface area contributed by atoms with Gasteiger partial charge in [0.1, 0.15) is 5.82 Å². The molecule has 1 aliphatic heterocycles. The van der Waals surface area contributed by atoms with Crippen LogP contribution in [0.15, 0.2) is 18.2 Å². The molecule has 1 aromatic carbocycles. The van der Waals surface area contributed by atoms with Crippen LogP contribution in [0.25, 0.3) is 11.0 Å². The van der Waals surface area contributed by atoms with Gasteiger partial charge in [-0.3, -0.25) is 4.79 Å². The number of rotatable bonds is 2. The van der Waals surface area contributed by atoms with Crippen LogP contribution in [0.1, 0.15) is 48.8 Å². The number of carbonyl (C=O) groups excluding carboxylic acids is 1. The van der Waals surface area contributed by atoms with Gasteiger partial charge in [-0.25, -0.2) is 4.98 Å². The van der Waals surface area contributed by atoms with E-state index in [1.807, 2.05) is 23.1 Å². The van der Waals surface area contributed by atoms with Crippen molar-refractivity contribution < 1.29 is 4.79 Å². The Bertz CT molecular complexity index is 609. The number of hydrogen-bond acceptors (Lipinski definition) is 2. The average molecular weight is 257 g/mol. The van der Waals surface area contributed by atoms with E-state index in [-0.39, 0.29) is 5.91 Å². The molecule has 1 amide bonds. The van der Waals surface area contributed by atoms with E-state index >= 15 is 0 Å². The molecule has 0 saturated carbocycles. The van der Waals surface area contributed by atoms with Gasteiger partial charge in [0.15, 0.2) is 0 Å². The third-order valence-electron chi connectivity index (χ3n) is 3.69. The van der Waals surface area contributed by atoms with Crippen molar-refractivity contribution in [3.8, 4) is 0 Å². The lowest BCUT2D eigenvalue weighted by atomic mass is 10.2. The number of benzene rings is 1. The molecule has 4 heteroatoms. The number of H-pyrrole nitrogens is 1. The number of amides is 1. The van der Waals surface area contributed by atoms with Crippen LogP contribution in [0.2, 0.25) is 0 Å². The van der Waals surface area contributed by atoms with Crippen molar-refractivity contribution >= 4 is 16.9 Å². The van der Waals surface area contributed by atoms with Gasteiger partial charge in [-0.1, -0.05) is 13.8 Å². The second kappa shape index (κ2) is 4.68. The lowest BCUT2D eigenvalue weighted by molar-refractivity contribution is 0.0793. The number of aromatic nitrogens is 2. The van der Waals surface area contributed by atoms with Gasteiger partial charge in [0, 0.05) is 24.6 Å². The Balaban J connectivity index is 1.94. The van der Waals surface area contributed by atoms with E-state index in [0.29, 0.717) is 5.92 Å². The van der Waals surface area contributed by atoms with Crippen molar-refractivity contribution in [1.29, 1.82) is 0 Å². The first-order chi connectivity index (χ1) is 9.15. The Hall–Kier alpha value is -1.84. The highest BCUT2D eigenvalue weighted by molar-refractivity contribution is 5.97. The number of imidazole rings is 1. The quantitative estimate of drug-likeness (QED) is 0.899. The van der Waals surface area contributed by atoms with Crippen molar-refractivity contribution in [2.45, 2.75) is 32.6 Å². The SMILES string of the molecule is CC(C)c1nc2ccc(C(=O)N3CCCC3)cc2[nH]1. The molecule has 1 N–H and O–H groups in total. The Labute approximate surface area is 112 Å². The Morgan fingerprint density at radius 3 is 2.74 bits per heavy atom. The van der Waals surface area contributed by atoms with Crippen LogP contribution in [0.5, 0.6) is 0 Å². The maximum absolute atomic E-state index is 12.3. The van der Waals surface area contributed by atoms with Crippen LogP contribution in [0.3, 0.4) is 0 Å². The summed E-state index contributed by atoms with van der Waals surface area (Å²) in [6.45, 7) is 5.98. The normalized spacial score (nSPS) is 15.6. The Morgan fingerprint density at radius 2 is 2.05 bits per heavy atom. The van der Waals surface area contributed by atoms with Gasteiger partial charge >= 0.3 is 0 Å². The maximum Gasteiger partial charge on any atom is 0.253 e. The van der Waals surface area contributed by atoms with E-state index in [1.54, 1.807) is 0 Å². The first-order valence-electron chi connectivity index (χ1n) is 6.94. The van der Waals surface area contributed by atoms with E-state index in [1.165, 1.54) is 0 Å². The van der Waals surface area contributed by atoms with E-state index in [0.717, 1.165) is 48.4 Å². The van der Waals surface area contributed by atoms with Gasteiger partial charge in [-0.05, 0) is 31.0 Å². The molecule has 0 spiro atoms. The fourth-order valence-electron chi connectivity index (χ4n) is 2.54. The van der Waals surface area contributed by atoms with Crippen LogP contribution < -0.4 is 0 Å². The summed E-state index contributed by atoms with van der Waals surface area (Å²) >= 11 is 0. The van der Waals surface area contributed by atoms with Crippen LogP contribution in [0.4, 0.5) is 0 Å². The number of likely N-dealkylation sites (tertiary alicyclic amines) is 1. The molecule has 0 atom stereocenters. The predicted octanol–water partition coefficient (Wildman–Crippen LogP) is 2.92. The fourth-order valence-corrected chi connectivity index (χ4v) is 2.54. The Morgan fingerprint density at radius 1 is 1.32 bits per heavy atom. The van der Waals surface area contributed by atoms with E-state index in [4.69, 9.17) is 0 Å². The number of carbonyl (C=O) groups is 1. The molecule has 1 aromatic heterocycles. The lowest BCUT2D eigenvalue weighted by Crippen LogP contribution is -2.27. The molecule has 1 fully saturated rings. The molecular formula is C15H19N3O. The van der Waals surface area contributed by atoms with Crippen molar-refractivity contribution in [1.82, 2.24) is 14.9 Å². The summed E-state index contributed by atoms with van der Waals surface area (Å²) in [4.78, 5) is 22.1. The molecule has 1 saturated heterocycles. The molecule has 1 aliphatic rings. The zero-order valence-corrected chi connectivity index (χ0v) is 11.4. The standard InChI is InChI=1S/C15H19N3O/c1-10(2)14-16-12-6-5-11(9-13(12)17-14)15(19)18-7-3-4-8-18/h5-6,9-10H,3-4,7-8H2,1-2H3,(H,16,17). The van der Waals surface area contributed by atoms with Crippen LogP contribution in [-0.4, -0.2) is 33.9 Å². The molecule has 0 bridgehead atoms. The monoisotopic (exact) mass is 257 g/mol. The molecule has 0 radical (unpaired) electrons. The topological polar surface area (TPSA) is 49.0 Å². The number of aromatic amines is 1. The number of hydrogen-bond donors (Lipinski definition) is 1. The molecule has 0 aliphatic carbocycles. The second-order valence-electron chi connectivity index (χ2n) is 5.51. The highest BCUT2D eigenvalue weighted by atomic mass is 16.2. The van der Waals surface area contributed by atoms with Gasteiger partial charge in [-0.15, -0.1) is 0 Å². The fraction of sp³-hybridized carbons (Fsp3) is 0.467. The van der Waals surface area contributed by atoms with Crippen molar-refractivity contribution in [2.24, 2.45) is 0 Å². The second-order valence-corrected chi connectivity index (χ2v) is 5.51. The third kappa shape index (κ3) is 2.23. The summed E-state index contributed by atoms with van der Waals surface area (Å²) < 4.78 is 0. The molecule has 100 valence electrons. The zero-order valence-electron chi connectivity index (χ0n) is 11.4. The first-order valence-corrected chi connectivity index (χ1v) is 6.94. The summed E-state index contributed by atoms with van der Waals surface area (Å²) in [5.74, 6) is 1.48. The number of nitrogens with zero attached hydrogens (tertiary/aromatic N) is 2. The smallest absolute Gasteiger partial charge is 0.253 e. The summed E-state index contributed by atoms with van der Waals surface area (Å²) in [5, 5.41) is 0. The molecular weight excluding hydrogens is 238 g/mol. The molecule has 0 unspecified atom stereocenters. The van der Waals surface area contributed by atoms with Crippen LogP contribution in [0, 0.1) is 0 Å². The molecule has 2 heterocycles. The van der Waals surface area contributed by atoms with Gasteiger partial charge in [0.05, 0.1) is 11.0 Å². The van der Waals surface area contributed by atoms with Crippen LogP contribution in [-0.2, 0) is 0 Å². The predicted molar refractivity (Wildman–Crippen MR) is 75.3 cm³/mol. The largest absolute Gasteiger partial charge is 0.342 e. The summed E-state index contributed by atoms with van der Waals surface area (Å²) in [6, 6.07) is 5.74. The molecule has 4 nitrogen and oxygen atoms in total. The van der Waals surface area contributed by atoms with Crippen molar-refractivity contribution in [3.05, 3.63) is 29.6 Å². The average Bonchev–Trinajstić information content (AvgIpc) is 3.06. The highest BCUT2D eigenvalue weighted by Crippen LogP contribution is 2.20. The summed E-state index contributed by atoms with van der Waals surface area (Å²) in [5.41, 5.74) is 2.64. The highest BCUT2D eigenvalue weighted by Gasteiger charge is 2.20. The Kier molecular flexibility index (Phi) is 3.01. The third-order valence-corrected chi connectivity index (χ3v) is 3.69. The van der Waals surface area contributed by atoms with Gasteiger partial charge in [0.2, 0.25) is 0 Å². The number of fused-ring (bicyclic) bond motifs is 1. The molecule has 19 heavy (non-hydrogen) atoms. The van der Waals surface area contributed by atoms with E-state index in [9.17, 15) is 4.79 Å². The van der Waals surface area contributed by atoms with E-state index < -0.39 is 0 Å². The van der Waals surface area contributed by atoms with Crippen molar-refractivity contribution in [2.75, 3.05) is 13.1 Å². The van der Waals surface area contributed by atoms with Gasteiger partial charge in [0.25, 0.3) is 5.91 Å². The minimum atomic E-state index is 0.139. The summed E-state index contributed by atoms with van der Waals surface area (Å²) in [7, 11) is 0. The minimum Gasteiger partial charge on any atom is -0.342 e. The molecule has 3 rings (SSSR count). The van der Waals surface area contributed by atoms with E-state index in [2.05, 4.69) is 23.8 Å². The summed E-state index contributed by atoms with van der Waals surface area (Å²) in [6.07, 6.45) is 2.24. The minimum absolute atomic E-state index is 0.139. The van der Waals surface area contributed by atoms with Gasteiger partial charge in [-0.2, -0.15) is 0 Å². The molecule has 2 aromatic rings. The number of nitrogens with one attached hydrogen (secondary N) is 1. The van der Waals surface area contributed by atoms with Crippen molar-refractivity contribution in [3.63, 3.8) is 0 Å². The van der Waals surface area contributed by atoms with Crippen LogP contribution >= 0.6 is 0 Å². The zero-order chi connectivity index (χ0) is 13.4. The lowest BCUT2D eigenvalue weighted by Gasteiger charge is -2.14. The van der Waals surface area contributed by atoms with Gasteiger partial charge < -0.3 is 9.88 Å². The first kappa shape index (κ1) is 12.2. The maximum atomic E-state index is 12.3.